The van der Waals surface area contributed by atoms with Gasteiger partial charge in [-0.25, -0.2) is 4.98 Å². The van der Waals surface area contributed by atoms with E-state index in [4.69, 9.17) is 4.98 Å². The smallest absolute Gasteiger partial charge is 0.276 e. The van der Waals surface area contributed by atoms with Gasteiger partial charge < -0.3 is 14.8 Å². The second-order valence-corrected chi connectivity index (χ2v) is 9.04. The maximum Gasteiger partial charge on any atom is 0.276 e. The average Bonchev–Trinajstić information content (AvgIpc) is 3.43. The van der Waals surface area contributed by atoms with Gasteiger partial charge in [0.05, 0.1) is 28.1 Å². The van der Waals surface area contributed by atoms with Gasteiger partial charge >= 0.3 is 0 Å². The van der Waals surface area contributed by atoms with Crippen molar-refractivity contribution >= 4 is 23.6 Å². The maximum atomic E-state index is 13.0. The number of hydrogen-bond acceptors (Lipinski definition) is 6. The molecular weight excluding hydrogens is 472 g/mol. The average molecular weight is 503 g/mol. The molecule has 37 heavy (non-hydrogen) atoms. The molecule has 192 valence electrons. The van der Waals surface area contributed by atoms with Crippen molar-refractivity contribution in [2.24, 2.45) is 0 Å². The fourth-order valence-corrected chi connectivity index (χ4v) is 4.49. The van der Waals surface area contributed by atoms with E-state index in [9.17, 15) is 19.7 Å². The van der Waals surface area contributed by atoms with Crippen LogP contribution >= 0.6 is 0 Å². The van der Waals surface area contributed by atoms with E-state index in [0.29, 0.717) is 43.6 Å². The van der Waals surface area contributed by atoms with Crippen molar-refractivity contribution < 1.29 is 14.5 Å². The predicted octanol–water partition coefficient (Wildman–Crippen LogP) is 3.73. The molecule has 0 aliphatic carbocycles. The summed E-state index contributed by atoms with van der Waals surface area (Å²) in [5, 5.41) is 14.2. The topological polar surface area (TPSA) is 123 Å². The number of nitrogens with zero attached hydrogens (tertiary/aromatic N) is 5. The van der Waals surface area contributed by atoms with Crippen molar-refractivity contribution in [3.05, 3.63) is 93.8 Å². The van der Waals surface area contributed by atoms with Gasteiger partial charge in [0.25, 0.3) is 11.6 Å². The van der Waals surface area contributed by atoms with E-state index in [2.05, 4.69) is 10.3 Å². The lowest BCUT2D eigenvalue weighted by Crippen LogP contribution is -2.37. The van der Waals surface area contributed by atoms with Gasteiger partial charge in [0, 0.05) is 62.3 Å². The highest BCUT2D eigenvalue weighted by Gasteiger charge is 2.27. The normalized spacial score (nSPS) is 14.1. The Labute approximate surface area is 215 Å². The summed E-state index contributed by atoms with van der Waals surface area (Å²) in [7, 11) is 0. The van der Waals surface area contributed by atoms with Crippen LogP contribution in [-0.2, 0) is 11.3 Å². The first-order valence-electron chi connectivity index (χ1n) is 12.3. The number of amides is 2. The monoisotopic (exact) mass is 502 g/mol. The van der Waals surface area contributed by atoms with Gasteiger partial charge in [-0.3, -0.25) is 24.7 Å². The molecule has 1 aromatic carbocycles. The van der Waals surface area contributed by atoms with E-state index in [1.807, 2.05) is 29.8 Å². The zero-order chi connectivity index (χ0) is 26.2. The number of piperidine rings is 1. The Hall–Kier alpha value is -4.34. The lowest BCUT2D eigenvalue weighted by molar-refractivity contribution is -0.385. The first-order valence-corrected chi connectivity index (χ1v) is 12.3. The highest BCUT2D eigenvalue weighted by molar-refractivity contribution is 5.95. The van der Waals surface area contributed by atoms with Crippen molar-refractivity contribution in [3.8, 4) is 0 Å². The number of nitro benzene ring substituents is 1. The van der Waals surface area contributed by atoms with Crippen molar-refractivity contribution in [1.29, 1.82) is 0 Å². The Bertz CT molecular complexity index is 1280. The lowest BCUT2D eigenvalue weighted by atomic mass is 9.89. The summed E-state index contributed by atoms with van der Waals surface area (Å²) in [6.45, 7) is 4.27. The predicted molar refractivity (Wildman–Crippen MR) is 139 cm³/mol. The molecule has 1 fully saturated rings. The molecule has 0 bridgehead atoms. The van der Waals surface area contributed by atoms with Gasteiger partial charge in [-0.15, -0.1) is 0 Å². The number of nitrogens with one attached hydrogen (secondary N) is 1. The molecule has 4 rings (SSSR count). The van der Waals surface area contributed by atoms with Crippen LogP contribution in [0.1, 0.15) is 52.5 Å². The van der Waals surface area contributed by atoms with Gasteiger partial charge in [-0.1, -0.05) is 12.1 Å². The number of pyridine rings is 1. The molecule has 1 N–H and O–H groups in total. The number of benzene rings is 1. The van der Waals surface area contributed by atoms with E-state index in [1.165, 1.54) is 18.2 Å². The van der Waals surface area contributed by atoms with Gasteiger partial charge in [0.1, 0.15) is 0 Å². The van der Waals surface area contributed by atoms with Gasteiger partial charge in [0.2, 0.25) is 5.91 Å². The summed E-state index contributed by atoms with van der Waals surface area (Å²) < 4.78 is 1.97. The summed E-state index contributed by atoms with van der Waals surface area (Å²) in [6.07, 6.45) is 10.4. The fraction of sp³-hybridized carbons (Fsp3) is 0.333. The quantitative estimate of drug-likeness (QED) is 0.206. The Morgan fingerprint density at radius 2 is 1.97 bits per heavy atom. The first kappa shape index (κ1) is 25.7. The highest BCUT2D eigenvalue weighted by Crippen LogP contribution is 2.30. The Morgan fingerprint density at radius 1 is 1.19 bits per heavy atom. The third-order valence-electron chi connectivity index (χ3n) is 6.48. The van der Waals surface area contributed by atoms with Crippen LogP contribution in [0.15, 0.2) is 61.2 Å². The number of aromatic nitrogens is 3. The summed E-state index contributed by atoms with van der Waals surface area (Å²) in [5.41, 5.74) is 2.55. The highest BCUT2D eigenvalue weighted by atomic mass is 16.6. The number of para-hydroxylation sites is 1. The summed E-state index contributed by atoms with van der Waals surface area (Å²) >= 11 is 0. The summed E-state index contributed by atoms with van der Waals surface area (Å²) in [6, 6.07) is 9.99. The summed E-state index contributed by atoms with van der Waals surface area (Å²) in [5.74, 6) is -0.265. The minimum absolute atomic E-state index is 0.0386. The number of rotatable bonds is 9. The van der Waals surface area contributed by atoms with Crippen molar-refractivity contribution in [1.82, 2.24) is 24.8 Å². The van der Waals surface area contributed by atoms with Crippen molar-refractivity contribution in [2.75, 3.05) is 19.6 Å². The molecule has 0 saturated carbocycles. The molecule has 10 nitrogen and oxygen atoms in total. The minimum atomic E-state index is -0.460. The minimum Gasteiger partial charge on any atom is -0.352 e. The Balaban J connectivity index is 1.35. The van der Waals surface area contributed by atoms with Crippen LogP contribution in [-0.4, -0.2) is 55.8 Å². The number of nitro groups is 1. The van der Waals surface area contributed by atoms with Crippen LogP contribution < -0.4 is 5.32 Å². The first-order chi connectivity index (χ1) is 17.9. The van der Waals surface area contributed by atoms with E-state index >= 15 is 0 Å². The lowest BCUT2D eigenvalue weighted by Gasteiger charge is -2.32. The molecule has 0 spiro atoms. The van der Waals surface area contributed by atoms with Crippen molar-refractivity contribution in [2.45, 2.75) is 38.6 Å². The molecule has 0 unspecified atom stereocenters. The van der Waals surface area contributed by atoms with Crippen LogP contribution in [0.3, 0.4) is 0 Å². The Kier molecular flexibility index (Phi) is 8.40. The van der Waals surface area contributed by atoms with E-state index in [-0.39, 0.29) is 23.4 Å². The van der Waals surface area contributed by atoms with E-state index in [1.54, 1.807) is 35.6 Å². The van der Waals surface area contributed by atoms with Crippen LogP contribution in [0, 0.1) is 17.0 Å². The second kappa shape index (κ2) is 12.1. The standard InChI is InChI=1S/C27H30N6O4/c1-20-7-9-23(27(35)29-13-4-15-31-18-14-28-19-31)26(30-20)22-11-16-32(17-12-22)25(34)10-8-21-5-2-3-6-24(21)33(36)37/h2-3,5-10,14,18-19,22H,4,11-13,15-17H2,1H3,(H,29,35)/b10-8+. The third-order valence-corrected chi connectivity index (χ3v) is 6.48. The van der Waals surface area contributed by atoms with E-state index in [0.717, 1.165) is 24.4 Å². The number of imidazole rings is 1. The fourth-order valence-electron chi connectivity index (χ4n) is 4.49. The molecule has 1 saturated heterocycles. The molecule has 3 heterocycles. The molecular formula is C27H30N6O4. The molecule has 1 aliphatic rings. The van der Waals surface area contributed by atoms with Crippen LogP contribution in [0.25, 0.3) is 6.08 Å². The molecule has 1 aliphatic heterocycles. The van der Waals surface area contributed by atoms with Gasteiger partial charge in [-0.2, -0.15) is 0 Å². The third kappa shape index (κ3) is 6.66. The van der Waals surface area contributed by atoms with Gasteiger partial charge in [-0.05, 0) is 50.5 Å². The number of aryl methyl sites for hydroxylation is 2. The summed E-state index contributed by atoms with van der Waals surface area (Å²) in [4.78, 5) is 46.9. The second-order valence-electron chi connectivity index (χ2n) is 9.04. The number of hydrogen-bond donors (Lipinski definition) is 1. The number of likely N-dealkylation sites (tertiary alicyclic amines) is 1. The largest absolute Gasteiger partial charge is 0.352 e. The van der Waals surface area contributed by atoms with Crippen LogP contribution in [0.4, 0.5) is 5.69 Å². The maximum absolute atomic E-state index is 13.0. The van der Waals surface area contributed by atoms with Gasteiger partial charge in [0.15, 0.2) is 0 Å². The van der Waals surface area contributed by atoms with Crippen molar-refractivity contribution in [3.63, 3.8) is 0 Å². The SMILES string of the molecule is Cc1ccc(C(=O)NCCCn2ccnc2)c(C2CCN(C(=O)/C=C/c3ccccc3[N+](=O)[O-])CC2)n1. The number of carbonyl (C=O) groups is 2. The zero-order valence-electron chi connectivity index (χ0n) is 20.7. The molecule has 2 amide bonds. The molecule has 0 atom stereocenters. The molecule has 0 radical (unpaired) electrons. The zero-order valence-corrected chi connectivity index (χ0v) is 20.7. The molecule has 2 aromatic heterocycles. The molecule has 10 heteroatoms. The van der Waals surface area contributed by atoms with Crippen LogP contribution in [0.2, 0.25) is 0 Å². The van der Waals surface area contributed by atoms with Crippen LogP contribution in [0.5, 0.6) is 0 Å². The Morgan fingerprint density at radius 3 is 2.70 bits per heavy atom. The van der Waals surface area contributed by atoms with E-state index < -0.39 is 4.92 Å². The molecule has 3 aromatic rings. The number of carbonyl (C=O) groups excluding carboxylic acids is 2.